The van der Waals surface area contributed by atoms with Crippen LogP contribution in [0.15, 0.2) is 24.3 Å². The number of carbonyl (C=O) groups is 1. The van der Waals surface area contributed by atoms with E-state index in [4.69, 9.17) is 4.98 Å². The fraction of sp³-hybridized carbons (Fsp3) is 0.500. The lowest BCUT2D eigenvalue weighted by Crippen LogP contribution is -2.40. The van der Waals surface area contributed by atoms with Gasteiger partial charge >= 0.3 is 0 Å². The van der Waals surface area contributed by atoms with E-state index in [0.29, 0.717) is 24.1 Å². The van der Waals surface area contributed by atoms with E-state index in [1.54, 1.807) is 0 Å². The first-order valence-electron chi connectivity index (χ1n) is 10.4. The average Bonchev–Trinajstić information content (AvgIpc) is 2.71. The molecular weight excluding hydrogens is 369 g/mol. The molecule has 1 saturated heterocycles. The summed E-state index contributed by atoms with van der Waals surface area (Å²) in [6.07, 6.45) is 2.76. The van der Waals surface area contributed by atoms with E-state index in [-0.39, 0.29) is 17.6 Å². The molecule has 0 unspecified atom stereocenters. The molecule has 0 bridgehead atoms. The fourth-order valence-electron chi connectivity index (χ4n) is 3.96. The van der Waals surface area contributed by atoms with Crippen molar-refractivity contribution in [2.45, 2.75) is 51.6 Å². The summed E-state index contributed by atoms with van der Waals surface area (Å²) < 4.78 is 13.1. The summed E-state index contributed by atoms with van der Waals surface area (Å²) in [5, 5.41) is 6.49. The van der Waals surface area contributed by atoms with Gasteiger partial charge in [-0.2, -0.15) is 0 Å². The zero-order valence-electron chi connectivity index (χ0n) is 17.0. The molecule has 0 aliphatic carbocycles. The summed E-state index contributed by atoms with van der Waals surface area (Å²) in [6, 6.07) is 7.06. The first-order chi connectivity index (χ1) is 14.0. The maximum atomic E-state index is 13.1. The number of hydrogen-bond donors (Lipinski definition) is 2. The second-order valence-electron chi connectivity index (χ2n) is 8.24. The molecule has 2 aliphatic rings. The molecule has 0 spiro atoms. The van der Waals surface area contributed by atoms with Crippen LogP contribution >= 0.6 is 0 Å². The van der Waals surface area contributed by atoms with Gasteiger partial charge < -0.3 is 10.6 Å². The molecule has 4 rings (SSSR count). The molecule has 0 saturated carbocycles. The van der Waals surface area contributed by atoms with Crippen molar-refractivity contribution in [2.75, 3.05) is 25.0 Å². The number of piperidine rings is 1. The van der Waals surface area contributed by atoms with Crippen LogP contribution < -0.4 is 10.6 Å². The molecule has 1 fully saturated rings. The second-order valence-corrected chi connectivity index (χ2v) is 8.24. The quantitative estimate of drug-likeness (QED) is 0.811. The SMILES string of the molecule is CC(C)c1nc(NC2CCN(Cc3ccc(F)cc3)CC2)c2c(n1)C(=O)NCC2. The van der Waals surface area contributed by atoms with E-state index in [9.17, 15) is 9.18 Å². The van der Waals surface area contributed by atoms with E-state index in [0.717, 1.165) is 55.8 Å². The molecule has 1 amide bonds. The first kappa shape index (κ1) is 19.8. The number of fused-ring (bicyclic) bond motifs is 1. The molecule has 6 nitrogen and oxygen atoms in total. The van der Waals surface area contributed by atoms with Crippen LogP contribution in [0.25, 0.3) is 0 Å². The van der Waals surface area contributed by atoms with E-state index >= 15 is 0 Å². The van der Waals surface area contributed by atoms with E-state index in [1.165, 1.54) is 12.1 Å². The predicted molar refractivity (Wildman–Crippen MR) is 110 cm³/mol. The number of anilines is 1. The third-order valence-electron chi connectivity index (χ3n) is 5.66. The molecule has 2 aromatic rings. The van der Waals surface area contributed by atoms with Gasteiger partial charge in [-0.15, -0.1) is 0 Å². The van der Waals surface area contributed by atoms with Crippen molar-refractivity contribution in [1.82, 2.24) is 20.2 Å². The van der Waals surface area contributed by atoms with Crippen LogP contribution in [0.1, 0.15) is 60.0 Å². The lowest BCUT2D eigenvalue weighted by Gasteiger charge is -2.33. The number of aromatic nitrogens is 2. The second kappa shape index (κ2) is 8.45. The Morgan fingerprint density at radius 2 is 1.93 bits per heavy atom. The monoisotopic (exact) mass is 397 g/mol. The predicted octanol–water partition coefficient (Wildman–Crippen LogP) is 3.10. The van der Waals surface area contributed by atoms with Gasteiger partial charge in [0, 0.05) is 43.7 Å². The lowest BCUT2D eigenvalue weighted by molar-refractivity contribution is 0.0940. The Bertz CT molecular complexity index is 876. The van der Waals surface area contributed by atoms with Crippen molar-refractivity contribution in [1.29, 1.82) is 0 Å². The maximum Gasteiger partial charge on any atom is 0.270 e. The number of benzene rings is 1. The number of nitrogens with zero attached hydrogens (tertiary/aromatic N) is 3. The van der Waals surface area contributed by atoms with Gasteiger partial charge in [0.15, 0.2) is 0 Å². The van der Waals surface area contributed by atoms with Crippen LogP contribution in [-0.4, -0.2) is 46.5 Å². The minimum atomic E-state index is -0.195. The van der Waals surface area contributed by atoms with Crippen molar-refractivity contribution >= 4 is 11.7 Å². The summed E-state index contributed by atoms with van der Waals surface area (Å²) in [7, 11) is 0. The summed E-state index contributed by atoms with van der Waals surface area (Å²) in [5.41, 5.74) is 2.59. The Balaban J connectivity index is 1.42. The van der Waals surface area contributed by atoms with Crippen molar-refractivity contribution in [3.63, 3.8) is 0 Å². The van der Waals surface area contributed by atoms with Crippen LogP contribution in [0.4, 0.5) is 10.2 Å². The minimum absolute atomic E-state index is 0.104. The van der Waals surface area contributed by atoms with Gasteiger partial charge in [-0.3, -0.25) is 9.69 Å². The Labute approximate surface area is 170 Å². The van der Waals surface area contributed by atoms with Gasteiger partial charge in [0.05, 0.1) is 0 Å². The zero-order chi connectivity index (χ0) is 20.4. The van der Waals surface area contributed by atoms with E-state index < -0.39 is 0 Å². The number of rotatable bonds is 5. The van der Waals surface area contributed by atoms with Crippen LogP contribution in [0.3, 0.4) is 0 Å². The number of hydrogen-bond acceptors (Lipinski definition) is 5. The van der Waals surface area contributed by atoms with Gasteiger partial charge in [0.1, 0.15) is 23.2 Å². The molecule has 29 heavy (non-hydrogen) atoms. The molecule has 1 aromatic carbocycles. The van der Waals surface area contributed by atoms with Crippen molar-refractivity contribution in [3.8, 4) is 0 Å². The fourth-order valence-corrected chi connectivity index (χ4v) is 3.96. The highest BCUT2D eigenvalue weighted by atomic mass is 19.1. The van der Waals surface area contributed by atoms with Gasteiger partial charge in [-0.1, -0.05) is 26.0 Å². The maximum absolute atomic E-state index is 13.1. The van der Waals surface area contributed by atoms with Crippen molar-refractivity contribution in [3.05, 3.63) is 52.7 Å². The Morgan fingerprint density at radius 3 is 2.62 bits per heavy atom. The number of amides is 1. The highest BCUT2D eigenvalue weighted by Crippen LogP contribution is 2.25. The van der Waals surface area contributed by atoms with E-state index in [2.05, 4.69) is 20.5 Å². The third kappa shape index (κ3) is 4.56. The molecule has 2 N–H and O–H groups in total. The highest BCUT2D eigenvalue weighted by molar-refractivity contribution is 5.96. The summed E-state index contributed by atoms with van der Waals surface area (Å²) in [5.74, 6) is 1.39. The molecule has 0 radical (unpaired) electrons. The van der Waals surface area contributed by atoms with Gasteiger partial charge in [-0.05, 0) is 37.0 Å². The average molecular weight is 397 g/mol. The van der Waals surface area contributed by atoms with Crippen molar-refractivity contribution < 1.29 is 9.18 Å². The van der Waals surface area contributed by atoms with Crippen LogP contribution in [0, 0.1) is 5.82 Å². The van der Waals surface area contributed by atoms with Crippen LogP contribution in [-0.2, 0) is 13.0 Å². The summed E-state index contributed by atoms with van der Waals surface area (Å²) in [6.45, 7) is 7.49. The largest absolute Gasteiger partial charge is 0.367 e. The Hall–Kier alpha value is -2.54. The molecule has 1 aromatic heterocycles. The minimum Gasteiger partial charge on any atom is -0.367 e. The number of carbonyl (C=O) groups excluding carboxylic acids is 1. The molecule has 0 atom stereocenters. The molecular formula is C22H28FN5O. The van der Waals surface area contributed by atoms with E-state index in [1.807, 2.05) is 26.0 Å². The third-order valence-corrected chi connectivity index (χ3v) is 5.66. The summed E-state index contributed by atoms with van der Waals surface area (Å²) >= 11 is 0. The highest BCUT2D eigenvalue weighted by Gasteiger charge is 2.27. The van der Waals surface area contributed by atoms with Crippen molar-refractivity contribution in [2.24, 2.45) is 0 Å². The van der Waals surface area contributed by atoms with Gasteiger partial charge in [0.2, 0.25) is 0 Å². The standard InChI is InChI=1S/C22H28FN5O/c1-14(2)20-26-19-18(7-10-24-22(19)29)21(27-20)25-17-8-11-28(12-9-17)13-15-3-5-16(23)6-4-15/h3-6,14,17H,7-13H2,1-2H3,(H,24,29)(H,25,26,27). The molecule has 7 heteroatoms. The summed E-state index contributed by atoms with van der Waals surface area (Å²) in [4.78, 5) is 24.0. The molecule has 3 heterocycles. The number of likely N-dealkylation sites (tertiary alicyclic amines) is 1. The number of halogens is 1. The zero-order valence-corrected chi connectivity index (χ0v) is 17.0. The smallest absolute Gasteiger partial charge is 0.270 e. The normalized spacial score (nSPS) is 17.9. The lowest BCUT2D eigenvalue weighted by atomic mass is 10.0. The topological polar surface area (TPSA) is 70.2 Å². The number of nitrogens with one attached hydrogen (secondary N) is 2. The van der Waals surface area contributed by atoms with Gasteiger partial charge in [-0.25, -0.2) is 14.4 Å². The van der Waals surface area contributed by atoms with Gasteiger partial charge in [0.25, 0.3) is 5.91 Å². The molecule has 2 aliphatic heterocycles. The molecule has 154 valence electrons. The Morgan fingerprint density at radius 1 is 1.21 bits per heavy atom. The van der Waals surface area contributed by atoms with Crippen LogP contribution in [0.2, 0.25) is 0 Å². The van der Waals surface area contributed by atoms with Crippen LogP contribution in [0.5, 0.6) is 0 Å². The first-order valence-corrected chi connectivity index (χ1v) is 10.4. The Kier molecular flexibility index (Phi) is 5.76.